The second-order valence-corrected chi connectivity index (χ2v) is 6.17. The Balaban J connectivity index is 2.19. The lowest BCUT2D eigenvalue weighted by Crippen LogP contribution is -2.17. The van der Waals surface area contributed by atoms with E-state index >= 15 is 0 Å². The Morgan fingerprint density at radius 1 is 1.14 bits per heavy atom. The fraction of sp³-hybridized carbons (Fsp3) is 0.250. The molecule has 0 amide bonds. The van der Waals surface area contributed by atoms with Gasteiger partial charge in [0.1, 0.15) is 0 Å². The summed E-state index contributed by atoms with van der Waals surface area (Å²) >= 11 is 7.59. The highest BCUT2D eigenvalue weighted by Crippen LogP contribution is 2.35. The van der Waals surface area contributed by atoms with Crippen LogP contribution in [0.1, 0.15) is 25.5 Å². The third-order valence-corrected chi connectivity index (χ3v) is 4.58. The Bertz CT molecular complexity index is 634. The van der Waals surface area contributed by atoms with Crippen LogP contribution in [-0.4, -0.2) is 6.54 Å². The minimum absolute atomic E-state index is 0.217. The summed E-state index contributed by atoms with van der Waals surface area (Å²) in [6.07, 6.45) is 0. The standard InChI is InChI=1S/C16H16ClF2NS/c1-3-20-10(2)11-4-7-16(13(17)8-11)21-12-5-6-14(18)15(19)9-12/h4-10,20H,3H2,1-2H3. The van der Waals surface area contributed by atoms with Crippen molar-refractivity contribution in [1.29, 1.82) is 0 Å². The minimum atomic E-state index is -0.853. The van der Waals surface area contributed by atoms with Crippen LogP contribution < -0.4 is 5.32 Å². The highest BCUT2D eigenvalue weighted by atomic mass is 35.5. The van der Waals surface area contributed by atoms with Gasteiger partial charge in [-0.05, 0) is 49.4 Å². The summed E-state index contributed by atoms with van der Waals surface area (Å²) in [6.45, 7) is 4.99. The summed E-state index contributed by atoms with van der Waals surface area (Å²) in [5, 5.41) is 3.92. The van der Waals surface area contributed by atoms with Crippen LogP contribution in [0.2, 0.25) is 5.02 Å². The molecule has 112 valence electrons. The number of hydrogen-bond acceptors (Lipinski definition) is 2. The third-order valence-electron chi connectivity index (χ3n) is 3.09. The zero-order valence-electron chi connectivity index (χ0n) is 11.8. The maximum atomic E-state index is 13.2. The van der Waals surface area contributed by atoms with Crippen molar-refractivity contribution in [3.8, 4) is 0 Å². The molecule has 1 unspecified atom stereocenters. The van der Waals surface area contributed by atoms with E-state index in [1.807, 2.05) is 25.1 Å². The molecule has 0 bridgehead atoms. The molecule has 2 aromatic rings. The van der Waals surface area contributed by atoms with E-state index in [-0.39, 0.29) is 6.04 Å². The van der Waals surface area contributed by atoms with Crippen LogP contribution in [0.15, 0.2) is 46.2 Å². The number of hydrogen-bond donors (Lipinski definition) is 1. The second kappa shape index (κ2) is 7.25. The first kappa shape index (κ1) is 16.3. The molecule has 1 N–H and O–H groups in total. The molecule has 0 aromatic heterocycles. The topological polar surface area (TPSA) is 12.0 Å². The van der Waals surface area contributed by atoms with E-state index in [9.17, 15) is 8.78 Å². The van der Waals surface area contributed by atoms with Gasteiger partial charge < -0.3 is 5.32 Å². The molecule has 2 aromatic carbocycles. The Morgan fingerprint density at radius 3 is 2.52 bits per heavy atom. The summed E-state index contributed by atoms with van der Waals surface area (Å²) in [4.78, 5) is 1.43. The third kappa shape index (κ3) is 4.19. The van der Waals surface area contributed by atoms with Crippen molar-refractivity contribution >= 4 is 23.4 Å². The lowest BCUT2D eigenvalue weighted by atomic mass is 10.1. The highest BCUT2D eigenvalue weighted by molar-refractivity contribution is 7.99. The first-order valence-corrected chi connectivity index (χ1v) is 7.86. The predicted molar refractivity (Wildman–Crippen MR) is 84.0 cm³/mol. The summed E-state index contributed by atoms with van der Waals surface area (Å²) in [5.41, 5.74) is 1.09. The maximum absolute atomic E-state index is 13.2. The van der Waals surface area contributed by atoms with Gasteiger partial charge in [0.25, 0.3) is 0 Å². The van der Waals surface area contributed by atoms with Gasteiger partial charge in [0, 0.05) is 15.8 Å². The van der Waals surface area contributed by atoms with Crippen molar-refractivity contribution < 1.29 is 8.78 Å². The Kier molecular flexibility index (Phi) is 5.62. The maximum Gasteiger partial charge on any atom is 0.159 e. The van der Waals surface area contributed by atoms with Crippen LogP contribution in [0.4, 0.5) is 8.78 Å². The predicted octanol–water partition coefficient (Wildman–Crippen LogP) is 5.44. The molecule has 0 radical (unpaired) electrons. The van der Waals surface area contributed by atoms with Crippen molar-refractivity contribution in [1.82, 2.24) is 5.32 Å². The smallest absolute Gasteiger partial charge is 0.159 e. The molecule has 21 heavy (non-hydrogen) atoms. The minimum Gasteiger partial charge on any atom is -0.310 e. The van der Waals surface area contributed by atoms with Gasteiger partial charge in [-0.2, -0.15) is 0 Å². The molecule has 0 saturated heterocycles. The molecule has 0 fully saturated rings. The SMILES string of the molecule is CCNC(C)c1ccc(Sc2ccc(F)c(F)c2)c(Cl)c1. The molecule has 0 spiro atoms. The molecule has 0 saturated carbocycles. The lowest BCUT2D eigenvalue weighted by Gasteiger charge is -2.14. The van der Waals surface area contributed by atoms with Crippen LogP contribution in [0.3, 0.4) is 0 Å². The molecule has 0 heterocycles. The van der Waals surface area contributed by atoms with Crippen LogP contribution in [0.5, 0.6) is 0 Å². The fourth-order valence-electron chi connectivity index (χ4n) is 1.96. The van der Waals surface area contributed by atoms with Crippen molar-refractivity contribution in [3.05, 3.63) is 58.6 Å². The summed E-state index contributed by atoms with van der Waals surface area (Å²) in [6, 6.07) is 9.83. The molecule has 0 aliphatic heterocycles. The van der Waals surface area contributed by atoms with Gasteiger partial charge in [0.05, 0.1) is 5.02 Å². The second-order valence-electron chi connectivity index (χ2n) is 4.65. The van der Waals surface area contributed by atoms with E-state index in [1.54, 1.807) is 0 Å². The first-order valence-electron chi connectivity index (χ1n) is 6.67. The molecular weight excluding hydrogens is 312 g/mol. The highest BCUT2D eigenvalue weighted by Gasteiger charge is 2.10. The molecule has 1 nitrogen and oxygen atoms in total. The Morgan fingerprint density at radius 2 is 1.90 bits per heavy atom. The Labute approximate surface area is 132 Å². The van der Waals surface area contributed by atoms with Gasteiger partial charge in [0.2, 0.25) is 0 Å². The van der Waals surface area contributed by atoms with E-state index in [1.165, 1.54) is 23.9 Å². The molecule has 1 atom stereocenters. The zero-order chi connectivity index (χ0) is 15.4. The normalized spacial score (nSPS) is 12.4. The van der Waals surface area contributed by atoms with Crippen molar-refractivity contribution in [2.75, 3.05) is 6.54 Å². The van der Waals surface area contributed by atoms with Gasteiger partial charge in [-0.15, -0.1) is 0 Å². The van der Waals surface area contributed by atoms with E-state index < -0.39 is 11.6 Å². The molecule has 0 aliphatic carbocycles. The number of rotatable bonds is 5. The van der Waals surface area contributed by atoms with Crippen molar-refractivity contribution in [2.45, 2.75) is 29.7 Å². The number of halogens is 3. The molecule has 0 aliphatic rings. The van der Waals surface area contributed by atoms with Gasteiger partial charge in [0.15, 0.2) is 11.6 Å². The van der Waals surface area contributed by atoms with Crippen LogP contribution in [0.25, 0.3) is 0 Å². The molecule has 2 rings (SSSR count). The molecule has 5 heteroatoms. The quantitative estimate of drug-likeness (QED) is 0.784. The average molecular weight is 328 g/mol. The van der Waals surface area contributed by atoms with Gasteiger partial charge >= 0.3 is 0 Å². The largest absolute Gasteiger partial charge is 0.310 e. The van der Waals surface area contributed by atoms with Gasteiger partial charge in [-0.1, -0.05) is 36.4 Å². The van der Waals surface area contributed by atoms with E-state index in [2.05, 4.69) is 12.2 Å². The fourth-order valence-corrected chi connectivity index (χ4v) is 3.11. The van der Waals surface area contributed by atoms with Crippen LogP contribution >= 0.6 is 23.4 Å². The van der Waals surface area contributed by atoms with E-state index in [0.717, 1.165) is 23.1 Å². The van der Waals surface area contributed by atoms with E-state index in [0.29, 0.717) is 9.92 Å². The number of benzene rings is 2. The van der Waals surface area contributed by atoms with Crippen LogP contribution in [-0.2, 0) is 0 Å². The zero-order valence-corrected chi connectivity index (χ0v) is 13.4. The van der Waals surface area contributed by atoms with Gasteiger partial charge in [-0.25, -0.2) is 8.78 Å². The monoisotopic (exact) mass is 327 g/mol. The Hall–Kier alpha value is -1.10. The van der Waals surface area contributed by atoms with Gasteiger partial charge in [-0.3, -0.25) is 0 Å². The summed E-state index contributed by atoms with van der Waals surface area (Å²) < 4.78 is 26.1. The average Bonchev–Trinajstić information content (AvgIpc) is 2.45. The number of nitrogens with one attached hydrogen (secondary N) is 1. The van der Waals surface area contributed by atoms with Crippen LogP contribution in [0, 0.1) is 11.6 Å². The first-order chi connectivity index (χ1) is 10.0. The van der Waals surface area contributed by atoms with Crippen molar-refractivity contribution in [2.24, 2.45) is 0 Å². The van der Waals surface area contributed by atoms with E-state index in [4.69, 9.17) is 11.6 Å². The summed E-state index contributed by atoms with van der Waals surface area (Å²) in [5.74, 6) is -1.70. The molecular formula is C16H16ClF2NS. The van der Waals surface area contributed by atoms with Crippen molar-refractivity contribution in [3.63, 3.8) is 0 Å². The lowest BCUT2D eigenvalue weighted by molar-refractivity contribution is 0.506. The summed E-state index contributed by atoms with van der Waals surface area (Å²) in [7, 11) is 0.